The molecular weight excluding hydrogens is 260 g/mol. The highest BCUT2D eigenvalue weighted by atomic mass is 79.9. The molecule has 1 heterocycles. The summed E-state index contributed by atoms with van der Waals surface area (Å²) in [7, 11) is 0. The Labute approximate surface area is 98.3 Å². The Morgan fingerprint density at radius 1 is 1.57 bits per heavy atom. The van der Waals surface area contributed by atoms with Crippen LogP contribution in [0.1, 0.15) is 43.7 Å². The second-order valence-electron chi connectivity index (χ2n) is 4.31. The lowest BCUT2D eigenvalue weighted by atomic mass is 9.81. The van der Waals surface area contributed by atoms with Crippen LogP contribution in [0.25, 0.3) is 0 Å². The highest BCUT2D eigenvalue weighted by molar-refractivity contribution is 9.11. The molecule has 0 fully saturated rings. The van der Waals surface area contributed by atoms with Crippen LogP contribution in [0.5, 0.6) is 0 Å². The third kappa shape index (κ3) is 2.38. The number of hydrogen-bond acceptors (Lipinski definition) is 2. The fourth-order valence-electron chi connectivity index (χ4n) is 1.34. The molecule has 3 heteroatoms. The van der Waals surface area contributed by atoms with Crippen molar-refractivity contribution < 1.29 is 5.11 Å². The molecule has 0 radical (unpaired) electrons. The highest BCUT2D eigenvalue weighted by Gasteiger charge is 2.29. The smallest absolute Gasteiger partial charge is 0.0851 e. The monoisotopic (exact) mass is 276 g/mol. The minimum atomic E-state index is -0.366. The van der Waals surface area contributed by atoms with Gasteiger partial charge in [0, 0.05) is 4.88 Å². The second kappa shape index (κ2) is 4.33. The molecule has 0 spiro atoms. The zero-order chi connectivity index (χ0) is 10.9. The van der Waals surface area contributed by atoms with Crippen LogP contribution in [0, 0.1) is 12.3 Å². The van der Waals surface area contributed by atoms with E-state index in [9.17, 15) is 5.11 Å². The molecule has 0 saturated heterocycles. The summed E-state index contributed by atoms with van der Waals surface area (Å²) >= 11 is 5.13. The molecule has 1 N–H and O–H groups in total. The van der Waals surface area contributed by atoms with Gasteiger partial charge in [-0.2, -0.15) is 0 Å². The van der Waals surface area contributed by atoms with Gasteiger partial charge in [0.2, 0.25) is 0 Å². The first kappa shape index (κ1) is 12.2. The standard InChI is InChI=1S/C11H17BrOS/c1-5-11(3,4)10(13)8-6-9(12)14-7(8)2/h6,10,13H,5H2,1-4H3. The number of thiophene rings is 1. The molecule has 0 aromatic carbocycles. The van der Waals surface area contributed by atoms with Crippen LogP contribution in [0.2, 0.25) is 0 Å². The zero-order valence-corrected chi connectivity index (χ0v) is 11.5. The lowest BCUT2D eigenvalue weighted by Crippen LogP contribution is -2.21. The maximum absolute atomic E-state index is 10.2. The Hall–Kier alpha value is 0.140. The highest BCUT2D eigenvalue weighted by Crippen LogP contribution is 2.40. The minimum absolute atomic E-state index is 0.0503. The van der Waals surface area contributed by atoms with Gasteiger partial charge >= 0.3 is 0 Å². The predicted molar refractivity (Wildman–Crippen MR) is 65.8 cm³/mol. The summed E-state index contributed by atoms with van der Waals surface area (Å²) in [6, 6.07) is 2.03. The van der Waals surface area contributed by atoms with Crippen LogP contribution in [0.15, 0.2) is 9.85 Å². The molecule has 1 rings (SSSR count). The molecule has 0 aliphatic heterocycles. The zero-order valence-electron chi connectivity index (χ0n) is 9.10. The summed E-state index contributed by atoms with van der Waals surface area (Å²) in [6.45, 7) is 8.37. The van der Waals surface area contributed by atoms with Crippen molar-refractivity contribution in [3.63, 3.8) is 0 Å². The first-order chi connectivity index (χ1) is 6.38. The van der Waals surface area contributed by atoms with Crippen molar-refractivity contribution >= 4 is 27.3 Å². The first-order valence-corrected chi connectivity index (χ1v) is 6.43. The summed E-state index contributed by atoms with van der Waals surface area (Å²) in [5.74, 6) is 0. The average molecular weight is 277 g/mol. The van der Waals surface area contributed by atoms with Gasteiger partial charge in [-0.15, -0.1) is 11.3 Å². The fourth-order valence-corrected chi connectivity index (χ4v) is 3.09. The molecule has 0 aliphatic carbocycles. The Kier molecular flexibility index (Phi) is 3.78. The normalized spacial score (nSPS) is 14.4. The van der Waals surface area contributed by atoms with Crippen molar-refractivity contribution in [2.45, 2.75) is 40.2 Å². The fraction of sp³-hybridized carbons (Fsp3) is 0.636. The van der Waals surface area contributed by atoms with Gasteiger partial charge in [0.25, 0.3) is 0 Å². The predicted octanol–water partition coefficient (Wildman–Crippen LogP) is 4.29. The van der Waals surface area contributed by atoms with E-state index in [-0.39, 0.29) is 11.5 Å². The van der Waals surface area contributed by atoms with Gasteiger partial charge in [-0.3, -0.25) is 0 Å². The van der Waals surface area contributed by atoms with Crippen LogP contribution in [0.4, 0.5) is 0 Å². The van der Waals surface area contributed by atoms with Crippen molar-refractivity contribution in [1.82, 2.24) is 0 Å². The van der Waals surface area contributed by atoms with E-state index in [2.05, 4.69) is 43.6 Å². The van der Waals surface area contributed by atoms with Gasteiger partial charge in [0.1, 0.15) is 0 Å². The van der Waals surface area contributed by atoms with Crippen LogP contribution < -0.4 is 0 Å². The number of halogens is 1. The van der Waals surface area contributed by atoms with E-state index in [1.165, 1.54) is 4.88 Å². The number of rotatable bonds is 3. The molecule has 14 heavy (non-hydrogen) atoms. The van der Waals surface area contributed by atoms with Crippen molar-refractivity contribution in [3.05, 3.63) is 20.3 Å². The Balaban J connectivity index is 3.00. The summed E-state index contributed by atoms with van der Waals surface area (Å²) in [5, 5.41) is 10.2. The topological polar surface area (TPSA) is 20.2 Å². The quantitative estimate of drug-likeness (QED) is 0.873. The molecule has 1 unspecified atom stereocenters. The summed E-state index contributed by atoms with van der Waals surface area (Å²) in [4.78, 5) is 1.20. The number of aryl methyl sites for hydroxylation is 1. The van der Waals surface area contributed by atoms with Crippen LogP contribution in [-0.2, 0) is 0 Å². The number of hydrogen-bond donors (Lipinski definition) is 1. The molecule has 0 saturated carbocycles. The maximum atomic E-state index is 10.2. The molecule has 1 nitrogen and oxygen atoms in total. The van der Waals surface area contributed by atoms with Gasteiger partial charge < -0.3 is 5.11 Å². The van der Waals surface area contributed by atoms with Crippen LogP contribution in [0.3, 0.4) is 0 Å². The molecule has 1 aromatic heterocycles. The van der Waals surface area contributed by atoms with Crippen molar-refractivity contribution in [2.75, 3.05) is 0 Å². The summed E-state index contributed by atoms with van der Waals surface area (Å²) in [6.07, 6.45) is 0.608. The third-order valence-electron chi connectivity index (χ3n) is 2.87. The van der Waals surface area contributed by atoms with E-state index in [0.717, 1.165) is 15.8 Å². The molecule has 1 atom stereocenters. The number of aliphatic hydroxyl groups is 1. The Morgan fingerprint density at radius 3 is 2.50 bits per heavy atom. The summed E-state index contributed by atoms with van der Waals surface area (Å²) in [5.41, 5.74) is 1.01. The van der Waals surface area contributed by atoms with Gasteiger partial charge in [-0.1, -0.05) is 20.8 Å². The van der Waals surface area contributed by atoms with Crippen molar-refractivity contribution in [1.29, 1.82) is 0 Å². The molecular formula is C11H17BrOS. The van der Waals surface area contributed by atoms with E-state index in [0.29, 0.717) is 0 Å². The summed E-state index contributed by atoms with van der Waals surface area (Å²) < 4.78 is 1.09. The van der Waals surface area contributed by atoms with Gasteiger partial charge in [-0.05, 0) is 46.3 Å². The van der Waals surface area contributed by atoms with Crippen LogP contribution in [-0.4, -0.2) is 5.11 Å². The van der Waals surface area contributed by atoms with E-state index in [4.69, 9.17) is 0 Å². The van der Waals surface area contributed by atoms with E-state index < -0.39 is 0 Å². The first-order valence-electron chi connectivity index (χ1n) is 4.82. The Bertz CT molecular complexity index is 317. The molecule has 0 amide bonds. The lowest BCUT2D eigenvalue weighted by molar-refractivity contribution is 0.0464. The van der Waals surface area contributed by atoms with Crippen molar-refractivity contribution in [3.8, 4) is 0 Å². The maximum Gasteiger partial charge on any atom is 0.0851 e. The SMILES string of the molecule is CCC(C)(C)C(O)c1cc(Br)sc1C. The third-order valence-corrected chi connectivity index (χ3v) is 4.44. The number of aliphatic hydroxyl groups excluding tert-OH is 1. The Morgan fingerprint density at radius 2 is 2.14 bits per heavy atom. The van der Waals surface area contributed by atoms with Crippen LogP contribution >= 0.6 is 27.3 Å². The molecule has 0 aliphatic rings. The largest absolute Gasteiger partial charge is 0.388 e. The molecule has 1 aromatic rings. The molecule has 0 bridgehead atoms. The van der Waals surface area contributed by atoms with Gasteiger partial charge in [-0.25, -0.2) is 0 Å². The van der Waals surface area contributed by atoms with Crippen molar-refractivity contribution in [2.24, 2.45) is 5.41 Å². The average Bonchev–Trinajstić information content (AvgIpc) is 2.44. The second-order valence-corrected chi connectivity index (χ2v) is 6.94. The molecule has 80 valence electrons. The van der Waals surface area contributed by atoms with E-state index in [1.807, 2.05) is 6.07 Å². The van der Waals surface area contributed by atoms with Gasteiger partial charge in [0.05, 0.1) is 9.89 Å². The minimum Gasteiger partial charge on any atom is -0.388 e. The lowest BCUT2D eigenvalue weighted by Gasteiger charge is -2.29. The van der Waals surface area contributed by atoms with Gasteiger partial charge in [0.15, 0.2) is 0 Å². The van der Waals surface area contributed by atoms with E-state index >= 15 is 0 Å². The van der Waals surface area contributed by atoms with E-state index in [1.54, 1.807) is 11.3 Å².